The van der Waals surface area contributed by atoms with Crippen LogP contribution in [0, 0.1) is 21.4 Å². The zero-order valence-corrected chi connectivity index (χ0v) is 15.6. The smallest absolute Gasteiger partial charge is 0.269 e. The van der Waals surface area contributed by atoms with Crippen LogP contribution in [0.5, 0.6) is 0 Å². The van der Waals surface area contributed by atoms with Crippen LogP contribution in [0.25, 0.3) is 16.8 Å². The third-order valence-electron chi connectivity index (χ3n) is 3.90. The van der Waals surface area contributed by atoms with Gasteiger partial charge in [0.1, 0.15) is 16.6 Å². The van der Waals surface area contributed by atoms with Crippen molar-refractivity contribution in [3.05, 3.63) is 80.8 Å². The van der Waals surface area contributed by atoms with Crippen LogP contribution in [0.4, 0.5) is 11.4 Å². The van der Waals surface area contributed by atoms with Crippen molar-refractivity contribution in [2.45, 2.75) is 6.92 Å². The van der Waals surface area contributed by atoms with Crippen LogP contribution >= 0.6 is 11.3 Å². The first-order chi connectivity index (χ1) is 13.5. The lowest BCUT2D eigenvalue weighted by molar-refractivity contribution is -0.384. The van der Waals surface area contributed by atoms with Crippen molar-refractivity contribution in [1.29, 1.82) is 5.26 Å². The number of nitrogens with one attached hydrogen (secondary N) is 1. The van der Waals surface area contributed by atoms with Crippen LogP contribution in [-0.2, 0) is 0 Å². The zero-order chi connectivity index (χ0) is 20.1. The molecule has 0 fully saturated rings. The number of hydrogen-bond donors (Lipinski definition) is 1. The number of carbonyl (C=O) groups is 1. The number of non-ortho nitro benzene ring substituents is 1. The maximum absolute atomic E-state index is 11.3. The van der Waals surface area contributed by atoms with E-state index in [4.69, 9.17) is 0 Å². The number of benzene rings is 2. The number of thiazole rings is 1. The van der Waals surface area contributed by atoms with Crippen LogP contribution in [0.15, 0.2) is 60.1 Å². The first-order valence-corrected chi connectivity index (χ1v) is 9.04. The second-order valence-electron chi connectivity index (χ2n) is 5.79. The van der Waals surface area contributed by atoms with Gasteiger partial charge in [-0.15, -0.1) is 11.3 Å². The van der Waals surface area contributed by atoms with Crippen molar-refractivity contribution in [2.75, 3.05) is 5.32 Å². The van der Waals surface area contributed by atoms with Gasteiger partial charge in [-0.1, -0.05) is 0 Å². The van der Waals surface area contributed by atoms with E-state index >= 15 is 0 Å². The summed E-state index contributed by atoms with van der Waals surface area (Å²) < 4.78 is 0. The van der Waals surface area contributed by atoms with E-state index in [0.29, 0.717) is 21.8 Å². The predicted molar refractivity (Wildman–Crippen MR) is 108 cm³/mol. The Morgan fingerprint density at radius 2 is 1.89 bits per heavy atom. The summed E-state index contributed by atoms with van der Waals surface area (Å²) >= 11 is 1.31. The molecule has 1 N–H and O–H groups in total. The first-order valence-electron chi connectivity index (χ1n) is 8.16. The second kappa shape index (κ2) is 8.24. The molecular weight excluding hydrogens is 376 g/mol. The SMILES string of the molecule is CC(=O)c1ccc(N/C=C(/C#N)c2nc(-c3ccc([N+](=O)[O-])cc3)cs2)cc1. The molecule has 0 atom stereocenters. The van der Waals surface area contributed by atoms with Crippen molar-refractivity contribution in [3.8, 4) is 17.3 Å². The highest BCUT2D eigenvalue weighted by Crippen LogP contribution is 2.27. The highest BCUT2D eigenvalue weighted by Gasteiger charge is 2.11. The largest absolute Gasteiger partial charge is 0.360 e. The van der Waals surface area contributed by atoms with E-state index in [-0.39, 0.29) is 11.5 Å². The molecule has 0 spiro atoms. The Labute approximate surface area is 164 Å². The number of ketones is 1. The fraction of sp³-hybridized carbons (Fsp3) is 0.0500. The summed E-state index contributed by atoms with van der Waals surface area (Å²) in [5, 5.41) is 25.5. The lowest BCUT2D eigenvalue weighted by atomic mass is 10.1. The Morgan fingerprint density at radius 1 is 1.21 bits per heavy atom. The minimum atomic E-state index is -0.457. The van der Waals surface area contributed by atoms with Gasteiger partial charge in [0.05, 0.1) is 10.6 Å². The van der Waals surface area contributed by atoms with Crippen molar-refractivity contribution in [1.82, 2.24) is 4.98 Å². The maximum Gasteiger partial charge on any atom is 0.269 e. The number of nitriles is 1. The van der Waals surface area contributed by atoms with Crippen LogP contribution < -0.4 is 5.32 Å². The standard InChI is InChI=1S/C20H14N4O3S/c1-13(25)14-2-6-17(7-3-14)22-11-16(10-21)20-23-19(12-28-20)15-4-8-18(9-5-15)24(26)27/h2-9,11-12,22H,1H3/b16-11-. The second-order valence-corrected chi connectivity index (χ2v) is 6.65. The summed E-state index contributed by atoms with van der Waals surface area (Å²) in [5.41, 5.74) is 3.10. The number of nitrogens with zero attached hydrogens (tertiary/aromatic N) is 3. The van der Waals surface area contributed by atoms with Crippen molar-refractivity contribution >= 4 is 34.1 Å². The van der Waals surface area contributed by atoms with Crippen molar-refractivity contribution in [3.63, 3.8) is 0 Å². The fourth-order valence-corrected chi connectivity index (χ4v) is 3.18. The summed E-state index contributed by atoms with van der Waals surface area (Å²) in [4.78, 5) is 26.0. The van der Waals surface area contributed by atoms with Gasteiger partial charge in [0, 0.05) is 40.5 Å². The first kappa shape index (κ1) is 18.9. The minimum absolute atomic E-state index is 0.0109. The number of aromatic nitrogens is 1. The van der Waals surface area contributed by atoms with E-state index in [1.165, 1.54) is 30.4 Å². The molecule has 0 saturated heterocycles. The average Bonchev–Trinajstić information content (AvgIpc) is 3.19. The number of nitro benzene ring substituents is 1. The quantitative estimate of drug-likeness (QED) is 0.277. The average molecular weight is 390 g/mol. The molecule has 0 radical (unpaired) electrons. The number of carbonyl (C=O) groups excluding carboxylic acids is 1. The number of nitro groups is 1. The van der Waals surface area contributed by atoms with Gasteiger partial charge >= 0.3 is 0 Å². The molecule has 7 nitrogen and oxygen atoms in total. The van der Waals surface area contributed by atoms with Gasteiger partial charge in [0.25, 0.3) is 5.69 Å². The monoisotopic (exact) mass is 390 g/mol. The summed E-state index contributed by atoms with van der Waals surface area (Å²) in [5.74, 6) is -0.0126. The topological polar surface area (TPSA) is 109 Å². The molecule has 0 aliphatic heterocycles. The Bertz CT molecular complexity index is 1090. The highest BCUT2D eigenvalue weighted by molar-refractivity contribution is 7.11. The molecule has 0 amide bonds. The molecule has 0 aliphatic carbocycles. The normalized spacial score (nSPS) is 10.9. The van der Waals surface area contributed by atoms with E-state index in [2.05, 4.69) is 16.4 Å². The van der Waals surface area contributed by atoms with Gasteiger partial charge in [0.15, 0.2) is 5.78 Å². The molecule has 0 bridgehead atoms. The molecule has 0 unspecified atom stereocenters. The maximum atomic E-state index is 11.3. The fourth-order valence-electron chi connectivity index (χ4n) is 2.38. The van der Waals surface area contributed by atoms with E-state index in [1.54, 1.807) is 48.0 Å². The lowest BCUT2D eigenvalue weighted by Crippen LogP contribution is -1.94. The molecule has 138 valence electrons. The van der Waals surface area contributed by atoms with Crippen molar-refractivity contribution in [2.24, 2.45) is 0 Å². The van der Waals surface area contributed by atoms with E-state index in [9.17, 15) is 20.2 Å². The molecular formula is C20H14N4O3S. The molecule has 0 saturated carbocycles. The third-order valence-corrected chi connectivity index (χ3v) is 4.78. The Hall–Kier alpha value is -3.83. The molecule has 3 rings (SSSR count). The van der Waals surface area contributed by atoms with Gasteiger partial charge in [-0.25, -0.2) is 4.98 Å². The minimum Gasteiger partial charge on any atom is -0.360 e. The number of hydrogen-bond acceptors (Lipinski definition) is 7. The zero-order valence-electron chi connectivity index (χ0n) is 14.7. The molecule has 1 heterocycles. The third kappa shape index (κ3) is 4.28. The van der Waals surface area contributed by atoms with Gasteiger partial charge in [-0.3, -0.25) is 14.9 Å². The summed E-state index contributed by atoms with van der Waals surface area (Å²) in [6.45, 7) is 1.50. The van der Waals surface area contributed by atoms with Gasteiger partial charge in [-0.05, 0) is 43.3 Å². The van der Waals surface area contributed by atoms with Crippen LogP contribution in [0.3, 0.4) is 0 Å². The van der Waals surface area contributed by atoms with Crippen LogP contribution in [-0.4, -0.2) is 15.7 Å². The summed E-state index contributed by atoms with van der Waals surface area (Å²) in [7, 11) is 0. The molecule has 1 aromatic heterocycles. The number of Topliss-reactive ketones (excluding diaryl/α,β-unsaturated/α-hetero) is 1. The highest BCUT2D eigenvalue weighted by atomic mass is 32.1. The summed E-state index contributed by atoms with van der Waals surface area (Å²) in [6, 6.07) is 15.1. The van der Waals surface area contributed by atoms with E-state index in [1.807, 2.05) is 0 Å². The molecule has 3 aromatic rings. The van der Waals surface area contributed by atoms with Gasteiger partial charge in [0.2, 0.25) is 0 Å². The number of rotatable bonds is 6. The summed E-state index contributed by atoms with van der Waals surface area (Å²) in [6.07, 6.45) is 1.56. The number of allylic oxidation sites excluding steroid dienone is 1. The number of anilines is 1. The van der Waals surface area contributed by atoms with Crippen LogP contribution in [0.1, 0.15) is 22.3 Å². The lowest BCUT2D eigenvalue weighted by Gasteiger charge is -2.02. The van der Waals surface area contributed by atoms with Gasteiger partial charge in [-0.2, -0.15) is 5.26 Å². The molecule has 0 aliphatic rings. The Kier molecular flexibility index (Phi) is 5.58. The Balaban J connectivity index is 1.78. The Morgan fingerprint density at radius 3 is 2.46 bits per heavy atom. The molecule has 8 heteroatoms. The van der Waals surface area contributed by atoms with E-state index in [0.717, 1.165) is 11.3 Å². The van der Waals surface area contributed by atoms with Crippen LogP contribution in [0.2, 0.25) is 0 Å². The van der Waals surface area contributed by atoms with E-state index < -0.39 is 4.92 Å². The molecule has 2 aromatic carbocycles. The van der Waals surface area contributed by atoms with Crippen molar-refractivity contribution < 1.29 is 9.72 Å². The van der Waals surface area contributed by atoms with Gasteiger partial charge < -0.3 is 5.32 Å². The predicted octanol–water partition coefficient (Wildman–Crippen LogP) is 4.90. The molecule has 28 heavy (non-hydrogen) atoms.